The van der Waals surface area contributed by atoms with E-state index in [2.05, 4.69) is 16.0 Å². The van der Waals surface area contributed by atoms with Crippen molar-refractivity contribution >= 4 is 17.9 Å². The Morgan fingerprint density at radius 2 is 1.90 bits per heavy atom. The third-order valence-electron chi connectivity index (χ3n) is 4.66. The number of hydrogen-bond donors (Lipinski definition) is 3. The van der Waals surface area contributed by atoms with E-state index in [4.69, 9.17) is 14.2 Å². The van der Waals surface area contributed by atoms with Crippen molar-refractivity contribution in [1.29, 1.82) is 0 Å². The Hall–Kier alpha value is -2.13. The highest BCUT2D eigenvalue weighted by Gasteiger charge is 2.50. The Labute approximate surface area is 178 Å². The van der Waals surface area contributed by atoms with E-state index in [0.29, 0.717) is 13.0 Å². The maximum Gasteiger partial charge on any atom is 0.408 e. The molecule has 1 fully saturated rings. The number of amides is 3. The van der Waals surface area contributed by atoms with Crippen molar-refractivity contribution in [2.75, 3.05) is 6.54 Å². The number of alkyl carbamates (subject to hydrolysis) is 1. The van der Waals surface area contributed by atoms with Crippen molar-refractivity contribution in [2.45, 2.75) is 90.6 Å². The van der Waals surface area contributed by atoms with Crippen LogP contribution in [-0.4, -0.2) is 60.1 Å². The number of ether oxygens (including phenoxy) is 3. The van der Waals surface area contributed by atoms with Crippen LogP contribution in [0.5, 0.6) is 0 Å². The lowest BCUT2D eigenvalue weighted by molar-refractivity contribution is -0.157. The molecule has 2 aliphatic rings. The average Bonchev–Trinajstić information content (AvgIpc) is 2.90. The molecule has 4 atom stereocenters. The molecule has 0 aromatic carbocycles. The van der Waals surface area contributed by atoms with E-state index in [0.717, 1.165) is 0 Å². The molecule has 3 amide bonds. The number of rotatable bonds is 2. The summed E-state index contributed by atoms with van der Waals surface area (Å²) in [5.41, 5.74) is -0.686. The smallest absolute Gasteiger partial charge is 0.408 e. The van der Waals surface area contributed by atoms with Crippen molar-refractivity contribution in [3.63, 3.8) is 0 Å². The van der Waals surface area contributed by atoms with E-state index in [9.17, 15) is 14.4 Å². The van der Waals surface area contributed by atoms with Crippen LogP contribution in [0.25, 0.3) is 0 Å². The summed E-state index contributed by atoms with van der Waals surface area (Å²) in [6.07, 6.45) is 1.61. The molecule has 9 nitrogen and oxygen atoms in total. The Kier molecular flexibility index (Phi) is 7.52. The van der Waals surface area contributed by atoms with Gasteiger partial charge in [0.2, 0.25) is 5.91 Å². The molecule has 0 saturated carbocycles. The number of fused-ring (bicyclic) bond motifs is 1. The van der Waals surface area contributed by atoms with E-state index in [1.54, 1.807) is 46.8 Å². The number of nitrogens with one attached hydrogen (secondary N) is 3. The van der Waals surface area contributed by atoms with Gasteiger partial charge in [-0.25, -0.2) is 4.79 Å². The molecule has 3 N–H and O–H groups in total. The van der Waals surface area contributed by atoms with Gasteiger partial charge < -0.3 is 30.2 Å². The Balaban J connectivity index is 2.28. The van der Waals surface area contributed by atoms with Gasteiger partial charge in [0.25, 0.3) is 5.91 Å². The van der Waals surface area contributed by atoms with E-state index < -0.39 is 47.7 Å². The monoisotopic (exact) mass is 425 g/mol. The lowest BCUT2D eigenvalue weighted by Gasteiger charge is -2.31. The lowest BCUT2D eigenvalue weighted by Crippen LogP contribution is -2.58. The van der Waals surface area contributed by atoms with Crippen molar-refractivity contribution in [3.05, 3.63) is 12.2 Å². The highest BCUT2D eigenvalue weighted by molar-refractivity contribution is 5.88. The highest BCUT2D eigenvalue weighted by atomic mass is 16.8. The zero-order valence-corrected chi connectivity index (χ0v) is 18.9. The normalized spacial score (nSPS) is 29.9. The first-order chi connectivity index (χ1) is 13.8. The molecule has 0 radical (unpaired) electrons. The van der Waals surface area contributed by atoms with Crippen molar-refractivity contribution in [3.8, 4) is 0 Å². The highest BCUT2D eigenvalue weighted by Crippen LogP contribution is 2.32. The molecule has 2 rings (SSSR count). The molecule has 30 heavy (non-hydrogen) atoms. The van der Waals surface area contributed by atoms with E-state index in [1.807, 2.05) is 13.8 Å². The second-order valence-electron chi connectivity index (χ2n) is 9.43. The zero-order valence-electron chi connectivity index (χ0n) is 18.9. The van der Waals surface area contributed by atoms with Crippen LogP contribution in [0, 0.1) is 5.92 Å². The summed E-state index contributed by atoms with van der Waals surface area (Å²) in [4.78, 5) is 37.9. The first-order valence-electron chi connectivity index (χ1n) is 10.4. The average molecular weight is 426 g/mol. The second-order valence-corrected chi connectivity index (χ2v) is 9.43. The molecule has 9 heteroatoms. The summed E-state index contributed by atoms with van der Waals surface area (Å²) in [6, 6.07) is -1.43. The van der Waals surface area contributed by atoms with Gasteiger partial charge in [-0.1, -0.05) is 26.0 Å². The molecular weight excluding hydrogens is 390 g/mol. The minimum Gasteiger partial charge on any atom is -0.444 e. The fraction of sp³-hybridized carbons (Fsp3) is 0.762. The molecule has 170 valence electrons. The molecule has 0 bridgehead atoms. The summed E-state index contributed by atoms with van der Waals surface area (Å²) in [5, 5.41) is 8.39. The van der Waals surface area contributed by atoms with Crippen LogP contribution in [0.15, 0.2) is 12.2 Å². The first kappa shape index (κ1) is 24.1. The van der Waals surface area contributed by atoms with Gasteiger partial charge in [0, 0.05) is 6.54 Å². The van der Waals surface area contributed by atoms with Gasteiger partial charge >= 0.3 is 6.09 Å². The minimum absolute atomic E-state index is 0.0548. The van der Waals surface area contributed by atoms with Crippen molar-refractivity contribution < 1.29 is 28.6 Å². The largest absolute Gasteiger partial charge is 0.444 e. The van der Waals surface area contributed by atoms with Crippen LogP contribution in [0.4, 0.5) is 4.79 Å². The van der Waals surface area contributed by atoms with Gasteiger partial charge in [0.15, 0.2) is 11.9 Å². The predicted octanol–water partition coefficient (Wildman–Crippen LogP) is 1.62. The maximum atomic E-state index is 13.0. The summed E-state index contributed by atoms with van der Waals surface area (Å²) in [6.45, 7) is 12.9. The lowest BCUT2D eigenvalue weighted by atomic mass is 9.93. The summed E-state index contributed by atoms with van der Waals surface area (Å²) in [5.74, 6) is -1.70. The third kappa shape index (κ3) is 6.70. The first-order valence-corrected chi connectivity index (χ1v) is 10.4. The topological polar surface area (TPSA) is 115 Å². The number of hydrogen-bond acceptors (Lipinski definition) is 6. The Morgan fingerprint density at radius 3 is 2.50 bits per heavy atom. The van der Waals surface area contributed by atoms with Crippen molar-refractivity contribution in [2.24, 2.45) is 5.92 Å². The van der Waals surface area contributed by atoms with Gasteiger partial charge in [-0.05, 0) is 47.0 Å². The zero-order chi connectivity index (χ0) is 22.7. The van der Waals surface area contributed by atoms with Gasteiger partial charge in [0.05, 0.1) is 6.04 Å². The standard InChI is InChI=1S/C21H35N3O6/c1-12(2)14-15-16(29-21(6,7)28-15)18(26)22-11-9-8-10-13(17(25)24-14)23-19(27)30-20(3,4)5/h8,10,12-16H,9,11H2,1-7H3,(H,22,26)(H,23,27)(H,24,25)/t13-,14-,15+,16-/m0/s1. The molecule has 0 aromatic heterocycles. The predicted molar refractivity (Wildman–Crippen MR) is 111 cm³/mol. The molecular formula is C21H35N3O6. The van der Waals surface area contributed by atoms with E-state index in [1.165, 1.54) is 0 Å². The minimum atomic E-state index is -0.961. The summed E-state index contributed by atoms with van der Waals surface area (Å²) in [7, 11) is 0. The maximum absolute atomic E-state index is 13.0. The molecule has 0 unspecified atom stereocenters. The SMILES string of the molecule is CC(C)[C@@H]1NC(=O)[C@@H](NC(=O)OC(C)(C)C)C=CCCNC(=O)[C@H]2OC(C)(C)O[C@@H]21. The summed E-state index contributed by atoms with van der Waals surface area (Å²) < 4.78 is 17.1. The Morgan fingerprint density at radius 1 is 1.23 bits per heavy atom. The van der Waals surface area contributed by atoms with Crippen LogP contribution < -0.4 is 16.0 Å². The summed E-state index contributed by atoms with van der Waals surface area (Å²) >= 11 is 0. The fourth-order valence-corrected chi connectivity index (χ4v) is 3.38. The Bertz CT molecular complexity index is 683. The van der Waals surface area contributed by atoms with Crippen LogP contribution in [0.2, 0.25) is 0 Å². The quantitative estimate of drug-likeness (QED) is 0.579. The van der Waals surface area contributed by atoms with Crippen molar-refractivity contribution in [1.82, 2.24) is 16.0 Å². The molecule has 0 aromatic rings. The van der Waals surface area contributed by atoms with E-state index >= 15 is 0 Å². The van der Waals surface area contributed by atoms with Crippen LogP contribution in [-0.2, 0) is 23.8 Å². The fourth-order valence-electron chi connectivity index (χ4n) is 3.38. The molecule has 0 spiro atoms. The molecule has 0 aliphatic carbocycles. The van der Waals surface area contributed by atoms with Gasteiger partial charge in [0.1, 0.15) is 17.7 Å². The number of carbonyl (C=O) groups is 3. The van der Waals surface area contributed by atoms with E-state index in [-0.39, 0.29) is 11.8 Å². The second kappa shape index (κ2) is 9.34. The van der Waals surface area contributed by atoms with Gasteiger partial charge in [-0.15, -0.1) is 0 Å². The van der Waals surface area contributed by atoms with Gasteiger partial charge in [-0.2, -0.15) is 0 Å². The molecule has 2 heterocycles. The number of carbonyl (C=O) groups excluding carboxylic acids is 3. The van der Waals surface area contributed by atoms with Crippen LogP contribution in [0.1, 0.15) is 54.9 Å². The van der Waals surface area contributed by atoms with Crippen LogP contribution in [0.3, 0.4) is 0 Å². The van der Waals surface area contributed by atoms with Crippen LogP contribution >= 0.6 is 0 Å². The molecule has 1 saturated heterocycles. The van der Waals surface area contributed by atoms with Gasteiger partial charge in [-0.3, -0.25) is 9.59 Å². The third-order valence-corrected chi connectivity index (χ3v) is 4.66. The molecule has 2 aliphatic heterocycles.